The van der Waals surface area contributed by atoms with E-state index in [1.807, 2.05) is 12.1 Å². The fraction of sp³-hybridized carbons (Fsp3) is 0.714. The molecule has 4 fully saturated rings. The van der Waals surface area contributed by atoms with Gasteiger partial charge in [0.15, 0.2) is 0 Å². The molecule has 0 aliphatic heterocycles. The lowest BCUT2D eigenvalue weighted by Crippen LogP contribution is -2.65. The van der Waals surface area contributed by atoms with Crippen LogP contribution in [0.4, 0.5) is 0 Å². The molecule has 0 saturated heterocycles. The molecule has 3 nitrogen and oxygen atoms in total. The summed E-state index contributed by atoms with van der Waals surface area (Å²) in [6.45, 7) is 21.9. The minimum atomic E-state index is -0.866. The number of aromatic carboxylic acids is 1. The molecule has 1 aromatic rings. The highest BCUT2D eigenvalue weighted by Crippen LogP contribution is 2.78. The molecule has 9 atom stereocenters. The van der Waals surface area contributed by atoms with Gasteiger partial charge in [-0.05, 0) is 146 Å². The Bertz CT molecular complexity index is 1380. The Hall–Kier alpha value is -2.16. The molecule has 0 amide bonds. The van der Waals surface area contributed by atoms with Gasteiger partial charge in [0.05, 0.1) is 5.56 Å². The fourth-order valence-electron chi connectivity index (χ4n) is 13.3. The average molecular weight is 613 g/mol. The summed E-state index contributed by atoms with van der Waals surface area (Å²) in [7, 11) is 0. The van der Waals surface area contributed by atoms with Crippen molar-refractivity contribution in [1.82, 2.24) is 0 Å². The van der Waals surface area contributed by atoms with Crippen molar-refractivity contribution in [2.24, 2.45) is 56.7 Å². The van der Waals surface area contributed by atoms with Crippen molar-refractivity contribution in [2.45, 2.75) is 132 Å². The maximum Gasteiger partial charge on any atom is 0.335 e. The van der Waals surface area contributed by atoms with Crippen LogP contribution in [-0.4, -0.2) is 16.9 Å². The van der Waals surface area contributed by atoms with Crippen LogP contribution in [0.25, 0.3) is 5.57 Å². The Morgan fingerprint density at radius 1 is 0.867 bits per heavy atom. The number of rotatable bonds is 8. The molecular weight excluding hydrogens is 552 g/mol. The highest BCUT2D eigenvalue weighted by molar-refractivity contribution is 5.88. The van der Waals surface area contributed by atoms with Crippen LogP contribution in [0.2, 0.25) is 0 Å². The number of hydrogen-bond acceptors (Lipinski definition) is 2. The van der Waals surface area contributed by atoms with Crippen LogP contribution in [-0.2, 0) is 4.79 Å². The molecule has 6 rings (SSSR count). The van der Waals surface area contributed by atoms with Crippen molar-refractivity contribution >= 4 is 17.3 Å². The number of hydrogen-bond donors (Lipinski definition) is 1. The first-order valence-corrected chi connectivity index (χ1v) is 18.4. The number of fused-ring (bicyclic) bond motifs is 7. The number of Topliss-reactive ketones (excluding diaryl/α,β-unsaturated/α-hetero) is 1. The second-order valence-corrected chi connectivity index (χ2v) is 17.6. The first kappa shape index (κ1) is 32.8. The van der Waals surface area contributed by atoms with Crippen LogP contribution in [0.3, 0.4) is 0 Å². The lowest BCUT2D eigenvalue weighted by molar-refractivity contribution is -0.224. The van der Waals surface area contributed by atoms with Gasteiger partial charge in [-0.1, -0.05) is 84.7 Å². The molecule has 0 heterocycles. The second-order valence-electron chi connectivity index (χ2n) is 17.6. The first-order valence-electron chi connectivity index (χ1n) is 18.4. The molecule has 0 spiro atoms. The smallest absolute Gasteiger partial charge is 0.335 e. The molecule has 0 aromatic heterocycles. The molecule has 4 saturated carbocycles. The van der Waals surface area contributed by atoms with Gasteiger partial charge in [-0.3, -0.25) is 4.79 Å². The number of carboxylic acids is 1. The Balaban J connectivity index is 1.34. The third-order valence-corrected chi connectivity index (χ3v) is 15.6. The topological polar surface area (TPSA) is 54.4 Å². The Morgan fingerprint density at radius 3 is 2.22 bits per heavy atom. The van der Waals surface area contributed by atoms with E-state index in [1.54, 1.807) is 12.1 Å². The number of carbonyl (C=O) groups excluding carboxylic acids is 1. The molecule has 0 unspecified atom stereocenters. The number of benzene rings is 1. The van der Waals surface area contributed by atoms with Crippen LogP contribution in [0.15, 0.2) is 42.5 Å². The maximum absolute atomic E-state index is 14.2. The predicted molar refractivity (Wildman–Crippen MR) is 185 cm³/mol. The number of ketones is 1. The van der Waals surface area contributed by atoms with Gasteiger partial charge in [0, 0.05) is 11.8 Å². The lowest BCUT2D eigenvalue weighted by atomic mass is 9.32. The van der Waals surface area contributed by atoms with Gasteiger partial charge >= 0.3 is 5.97 Å². The molecule has 0 bridgehead atoms. The van der Waals surface area contributed by atoms with E-state index in [0.717, 1.165) is 44.9 Å². The molecule has 3 heteroatoms. The zero-order chi connectivity index (χ0) is 32.6. The quantitative estimate of drug-likeness (QED) is 0.235. The van der Waals surface area contributed by atoms with Crippen LogP contribution >= 0.6 is 0 Å². The number of carboxylic acid groups (broad SMARTS) is 1. The average Bonchev–Trinajstić information content (AvgIpc) is 3.39. The van der Waals surface area contributed by atoms with Crippen molar-refractivity contribution in [1.29, 1.82) is 0 Å². The maximum atomic E-state index is 14.2. The monoisotopic (exact) mass is 612 g/mol. The summed E-state index contributed by atoms with van der Waals surface area (Å²) in [6, 6.07) is 7.58. The Kier molecular flexibility index (Phi) is 8.18. The molecular formula is C42H60O3. The van der Waals surface area contributed by atoms with E-state index in [9.17, 15) is 14.7 Å². The third-order valence-electron chi connectivity index (χ3n) is 15.6. The summed E-state index contributed by atoms with van der Waals surface area (Å²) in [4.78, 5) is 25.7. The lowest BCUT2D eigenvalue weighted by Gasteiger charge is -2.72. The van der Waals surface area contributed by atoms with Gasteiger partial charge in [-0.25, -0.2) is 4.79 Å². The molecule has 1 N–H and O–H groups in total. The first-order chi connectivity index (χ1) is 21.2. The van der Waals surface area contributed by atoms with Crippen molar-refractivity contribution in [3.8, 4) is 0 Å². The highest BCUT2D eigenvalue weighted by atomic mass is 16.4. The predicted octanol–water partition coefficient (Wildman–Crippen LogP) is 11.2. The molecule has 5 aliphatic carbocycles. The van der Waals surface area contributed by atoms with Crippen LogP contribution in [0.5, 0.6) is 0 Å². The standard InChI is InChI=1S/C42H60O3/c1-9-10-11-12-35(43)42-24-19-30(27(2)3)36(42)32-17-18-34-39(6)22-20-31(28-13-15-29(16-14-28)37(44)45)38(4,5)33(39)21-23-41(34,8)40(32,7)25-26-42/h13-16,20,30,32-34,36H,2,9-12,17-19,21-26H2,1,3-8H3,(H,44,45)/t30-,32+,33-,34+,36+,39-,40+,41+,42+/m0/s1. The van der Waals surface area contributed by atoms with Gasteiger partial charge in [0.1, 0.15) is 5.78 Å². The van der Waals surface area contributed by atoms with E-state index in [-0.39, 0.29) is 27.1 Å². The summed E-state index contributed by atoms with van der Waals surface area (Å²) in [5.74, 6) is 2.53. The number of unbranched alkanes of at least 4 members (excludes halogenated alkanes) is 2. The van der Waals surface area contributed by atoms with Crippen molar-refractivity contribution in [2.75, 3.05) is 0 Å². The SMILES string of the molecule is C=C(C)[C@@H]1CC[C@]2(C(=O)CCCCC)CC[C@]3(C)[C@H](CC[C@@H]4[C@@]5(C)CC=C(c6ccc(C(=O)O)cc6)C(C)(C)[C@@H]5CC[C@]43C)[C@@H]12. The molecule has 1 aromatic carbocycles. The second kappa shape index (κ2) is 11.2. The van der Waals surface area contributed by atoms with Gasteiger partial charge in [-0.15, -0.1) is 0 Å². The van der Waals surface area contributed by atoms with Crippen molar-refractivity contribution < 1.29 is 14.7 Å². The zero-order valence-electron chi connectivity index (χ0n) is 29.4. The molecule has 45 heavy (non-hydrogen) atoms. The van der Waals surface area contributed by atoms with E-state index < -0.39 is 5.97 Å². The normalized spacial score (nSPS) is 41.6. The van der Waals surface area contributed by atoms with Crippen LogP contribution in [0.1, 0.15) is 148 Å². The largest absolute Gasteiger partial charge is 0.478 e. The molecule has 5 aliphatic rings. The molecule has 246 valence electrons. The zero-order valence-corrected chi connectivity index (χ0v) is 29.4. The van der Waals surface area contributed by atoms with E-state index in [1.165, 1.54) is 55.2 Å². The van der Waals surface area contributed by atoms with E-state index in [4.69, 9.17) is 0 Å². The van der Waals surface area contributed by atoms with Crippen molar-refractivity contribution in [3.05, 3.63) is 53.6 Å². The van der Waals surface area contributed by atoms with Gasteiger partial charge in [-0.2, -0.15) is 0 Å². The van der Waals surface area contributed by atoms with E-state index in [0.29, 0.717) is 40.9 Å². The third kappa shape index (κ3) is 4.62. The molecule has 0 radical (unpaired) electrons. The van der Waals surface area contributed by atoms with E-state index >= 15 is 0 Å². The summed E-state index contributed by atoms with van der Waals surface area (Å²) >= 11 is 0. The van der Waals surface area contributed by atoms with Crippen LogP contribution < -0.4 is 0 Å². The Morgan fingerprint density at radius 2 is 1.58 bits per heavy atom. The van der Waals surface area contributed by atoms with Crippen molar-refractivity contribution in [3.63, 3.8) is 0 Å². The minimum absolute atomic E-state index is 0.0138. The van der Waals surface area contributed by atoms with Gasteiger partial charge in [0.25, 0.3) is 0 Å². The number of carbonyl (C=O) groups is 2. The van der Waals surface area contributed by atoms with Gasteiger partial charge in [0.2, 0.25) is 0 Å². The van der Waals surface area contributed by atoms with E-state index in [2.05, 4.69) is 61.1 Å². The van der Waals surface area contributed by atoms with Crippen LogP contribution in [0, 0.1) is 56.7 Å². The fourth-order valence-corrected chi connectivity index (χ4v) is 13.3. The summed E-state index contributed by atoms with van der Waals surface area (Å²) < 4.78 is 0. The van der Waals surface area contributed by atoms with Gasteiger partial charge < -0.3 is 5.11 Å². The summed E-state index contributed by atoms with van der Waals surface area (Å²) in [6.07, 6.45) is 17.3. The summed E-state index contributed by atoms with van der Waals surface area (Å²) in [5, 5.41) is 9.46. The number of allylic oxidation sites excluding steroid dienone is 3. The highest BCUT2D eigenvalue weighted by Gasteiger charge is 2.71. The Labute approximate surface area is 273 Å². The minimum Gasteiger partial charge on any atom is -0.478 e. The summed E-state index contributed by atoms with van der Waals surface area (Å²) in [5.41, 5.74) is 4.85.